The van der Waals surface area contributed by atoms with Crippen LogP contribution in [0.3, 0.4) is 0 Å². The predicted octanol–water partition coefficient (Wildman–Crippen LogP) is 3.16. The van der Waals surface area contributed by atoms with Gasteiger partial charge in [0.1, 0.15) is 11.3 Å². The molecule has 6 nitrogen and oxygen atoms in total. The summed E-state index contributed by atoms with van der Waals surface area (Å²) in [6.07, 6.45) is 0.233. The van der Waals surface area contributed by atoms with Crippen molar-refractivity contribution in [2.75, 3.05) is 13.7 Å². The number of ether oxygens (including phenoxy) is 1. The number of thiazole rings is 1. The molecule has 0 saturated carbocycles. The number of halogens is 2. The number of hydrogen-bond donors (Lipinski definition) is 1. The molecule has 1 N–H and O–H groups in total. The molecule has 124 valence electrons. The molecule has 3 aromatic rings. The van der Waals surface area contributed by atoms with E-state index in [9.17, 15) is 9.18 Å². The molecule has 0 radical (unpaired) electrons. The fourth-order valence-electron chi connectivity index (χ4n) is 2.74. The molecule has 0 aliphatic carbocycles. The Morgan fingerprint density at radius 1 is 1.46 bits per heavy atom. The molecule has 4 rings (SSSR count). The number of nitrogens with zero attached hydrogens (tertiary/aromatic N) is 3. The van der Waals surface area contributed by atoms with E-state index >= 15 is 0 Å². The van der Waals surface area contributed by atoms with Gasteiger partial charge in [0.25, 0.3) is 0 Å². The average Bonchev–Trinajstić information content (AvgIpc) is 3.15. The van der Waals surface area contributed by atoms with Gasteiger partial charge in [-0.15, -0.1) is 11.3 Å². The topological polar surface area (TPSA) is 69.0 Å². The lowest BCUT2D eigenvalue weighted by Gasteiger charge is -2.09. The van der Waals surface area contributed by atoms with Crippen LogP contribution in [0.25, 0.3) is 21.9 Å². The van der Waals surface area contributed by atoms with Gasteiger partial charge in [-0.1, -0.05) is 0 Å². The van der Waals surface area contributed by atoms with Crippen LogP contribution in [0.5, 0.6) is 0 Å². The Balaban J connectivity index is 1.99. The first kappa shape index (κ1) is 15.9. The van der Waals surface area contributed by atoms with Crippen molar-refractivity contribution in [2.45, 2.75) is 13.0 Å². The first-order chi connectivity index (χ1) is 11.6. The molecule has 0 bridgehead atoms. The molecular formula is C15H12FIN4O2S. The summed E-state index contributed by atoms with van der Waals surface area (Å²) in [5.41, 5.74) is 1.97. The summed E-state index contributed by atoms with van der Waals surface area (Å²) in [6, 6.07) is 2.68. The van der Waals surface area contributed by atoms with Crippen molar-refractivity contribution < 1.29 is 13.9 Å². The van der Waals surface area contributed by atoms with E-state index in [1.165, 1.54) is 35.1 Å². The van der Waals surface area contributed by atoms with Gasteiger partial charge in [0.05, 0.1) is 18.3 Å². The smallest absolute Gasteiger partial charge is 0.420 e. The van der Waals surface area contributed by atoms with E-state index in [0.29, 0.717) is 25.4 Å². The highest BCUT2D eigenvalue weighted by molar-refractivity contribution is 14.1. The highest BCUT2D eigenvalue weighted by atomic mass is 127. The van der Waals surface area contributed by atoms with Gasteiger partial charge in [-0.2, -0.15) is 0 Å². The van der Waals surface area contributed by atoms with Crippen molar-refractivity contribution in [1.29, 1.82) is 0 Å². The van der Waals surface area contributed by atoms with Gasteiger partial charge in [0.15, 0.2) is 10.8 Å². The number of hydrogen-bond acceptors (Lipinski definition) is 6. The third-order valence-corrected chi connectivity index (χ3v) is 5.75. The molecule has 1 aromatic carbocycles. The van der Waals surface area contributed by atoms with Gasteiger partial charge >= 0.3 is 6.09 Å². The Morgan fingerprint density at radius 2 is 2.29 bits per heavy atom. The van der Waals surface area contributed by atoms with Crippen LogP contribution in [0.15, 0.2) is 12.1 Å². The van der Waals surface area contributed by atoms with Gasteiger partial charge < -0.3 is 10.1 Å². The van der Waals surface area contributed by atoms with Gasteiger partial charge in [-0.25, -0.2) is 23.7 Å². The summed E-state index contributed by atoms with van der Waals surface area (Å²) in [4.78, 5) is 22.6. The highest BCUT2D eigenvalue weighted by Gasteiger charge is 2.25. The normalized spacial score (nSPS) is 14.0. The maximum Gasteiger partial charge on any atom is 0.420 e. The third kappa shape index (κ3) is 2.50. The largest absolute Gasteiger partial charge is 0.452 e. The molecule has 0 saturated heterocycles. The van der Waals surface area contributed by atoms with Crippen LogP contribution in [-0.2, 0) is 17.7 Å². The van der Waals surface area contributed by atoms with Crippen LogP contribution < -0.4 is 5.32 Å². The second-order valence-corrected chi connectivity index (χ2v) is 7.56. The Bertz CT molecular complexity index is 945. The molecule has 1 aliphatic rings. The summed E-state index contributed by atoms with van der Waals surface area (Å²) >= 11 is 3.51. The van der Waals surface area contributed by atoms with Crippen LogP contribution in [0.4, 0.5) is 9.18 Å². The van der Waals surface area contributed by atoms with E-state index in [4.69, 9.17) is 4.74 Å². The van der Waals surface area contributed by atoms with E-state index in [2.05, 4.69) is 15.3 Å². The van der Waals surface area contributed by atoms with Gasteiger partial charge in [0, 0.05) is 34.0 Å². The lowest BCUT2D eigenvalue weighted by Crippen LogP contribution is -2.22. The molecule has 2 aromatic heterocycles. The SMILES string of the molecule is COC(=O)n1c(-c2nc3c(s2)CNCC3)nc2c(I)cc(F)cc21. The number of aromatic nitrogens is 3. The van der Waals surface area contributed by atoms with E-state index in [1.807, 2.05) is 22.6 Å². The zero-order chi connectivity index (χ0) is 16.8. The predicted molar refractivity (Wildman–Crippen MR) is 96.7 cm³/mol. The Kier molecular flexibility index (Phi) is 4.01. The van der Waals surface area contributed by atoms with E-state index in [-0.39, 0.29) is 0 Å². The quantitative estimate of drug-likeness (QED) is 0.568. The first-order valence-corrected chi connectivity index (χ1v) is 9.13. The fraction of sp³-hybridized carbons (Fsp3) is 0.267. The monoisotopic (exact) mass is 458 g/mol. The van der Waals surface area contributed by atoms with Crippen LogP contribution >= 0.6 is 33.9 Å². The number of imidazole rings is 1. The van der Waals surface area contributed by atoms with Gasteiger partial charge in [-0.05, 0) is 28.7 Å². The highest BCUT2D eigenvalue weighted by Crippen LogP contribution is 2.33. The lowest BCUT2D eigenvalue weighted by atomic mass is 10.2. The van der Waals surface area contributed by atoms with Crippen molar-refractivity contribution in [3.63, 3.8) is 0 Å². The minimum absolute atomic E-state index is 0.382. The van der Waals surface area contributed by atoms with Crippen molar-refractivity contribution in [2.24, 2.45) is 0 Å². The van der Waals surface area contributed by atoms with Crippen LogP contribution in [-0.4, -0.2) is 34.3 Å². The number of carbonyl (C=O) groups excluding carboxylic acids is 1. The number of nitrogens with one attached hydrogen (secondary N) is 1. The number of fused-ring (bicyclic) bond motifs is 2. The Labute approximate surface area is 154 Å². The average molecular weight is 458 g/mol. The Morgan fingerprint density at radius 3 is 3.04 bits per heavy atom. The third-order valence-electron chi connectivity index (χ3n) is 3.83. The molecule has 9 heteroatoms. The zero-order valence-corrected chi connectivity index (χ0v) is 15.6. The van der Waals surface area contributed by atoms with Crippen LogP contribution in [0.1, 0.15) is 10.6 Å². The molecule has 0 atom stereocenters. The van der Waals surface area contributed by atoms with E-state index in [1.54, 1.807) is 0 Å². The van der Waals surface area contributed by atoms with Gasteiger partial charge in [0.2, 0.25) is 0 Å². The second kappa shape index (κ2) is 6.05. The van der Waals surface area contributed by atoms with E-state index in [0.717, 1.165) is 30.1 Å². The fourth-order valence-corrected chi connectivity index (χ4v) is 4.50. The second-order valence-electron chi connectivity index (χ2n) is 5.31. The minimum Gasteiger partial charge on any atom is -0.452 e. The Hall–Kier alpha value is -1.59. The molecular weight excluding hydrogens is 446 g/mol. The molecule has 0 amide bonds. The molecule has 1 aliphatic heterocycles. The van der Waals surface area contributed by atoms with Crippen molar-refractivity contribution in [3.8, 4) is 10.8 Å². The number of benzene rings is 1. The number of methoxy groups -OCH3 is 1. The molecule has 3 heterocycles. The lowest BCUT2D eigenvalue weighted by molar-refractivity contribution is 0.174. The summed E-state index contributed by atoms with van der Waals surface area (Å²) in [5, 5.41) is 3.94. The molecule has 0 spiro atoms. The summed E-state index contributed by atoms with van der Waals surface area (Å²) in [5.74, 6) is -0.0362. The van der Waals surface area contributed by atoms with Crippen molar-refractivity contribution in [3.05, 3.63) is 32.1 Å². The minimum atomic E-state index is -0.611. The van der Waals surface area contributed by atoms with Crippen LogP contribution in [0, 0.1) is 9.39 Å². The summed E-state index contributed by atoms with van der Waals surface area (Å²) in [6.45, 7) is 1.64. The maximum atomic E-state index is 13.8. The van der Waals surface area contributed by atoms with E-state index < -0.39 is 11.9 Å². The maximum absolute atomic E-state index is 13.8. The summed E-state index contributed by atoms with van der Waals surface area (Å²) < 4.78 is 20.6. The first-order valence-electron chi connectivity index (χ1n) is 7.24. The zero-order valence-electron chi connectivity index (χ0n) is 12.6. The molecule has 0 fully saturated rings. The standard InChI is InChI=1S/C15H12FIN4O2S/c1-23-15(22)21-10-5-7(16)4-8(17)12(10)20-13(21)14-19-9-2-3-18-6-11(9)24-14/h4-5,18H,2-3,6H2,1H3. The summed E-state index contributed by atoms with van der Waals surface area (Å²) in [7, 11) is 1.29. The van der Waals surface area contributed by atoms with Crippen molar-refractivity contribution in [1.82, 2.24) is 19.9 Å². The molecule has 24 heavy (non-hydrogen) atoms. The van der Waals surface area contributed by atoms with Crippen molar-refractivity contribution >= 4 is 51.1 Å². The van der Waals surface area contributed by atoms with Crippen LogP contribution in [0.2, 0.25) is 0 Å². The molecule has 0 unspecified atom stereocenters. The van der Waals surface area contributed by atoms with Gasteiger partial charge in [-0.3, -0.25) is 0 Å². The number of carbonyl (C=O) groups is 1. The number of rotatable bonds is 1.